The van der Waals surface area contributed by atoms with Crippen molar-refractivity contribution in [2.24, 2.45) is 0 Å². The van der Waals surface area contributed by atoms with Gasteiger partial charge in [0.15, 0.2) is 5.82 Å². The number of pyridine rings is 1. The number of nitrogens with two attached hydrogens (primary N) is 1. The van der Waals surface area contributed by atoms with Crippen molar-refractivity contribution >= 4 is 5.82 Å². The number of nitrogens with zero attached hydrogens (tertiary/aromatic N) is 3. The number of aromatic nitrogens is 3. The molecule has 0 saturated carbocycles. The second-order valence-corrected chi connectivity index (χ2v) is 3.81. The van der Waals surface area contributed by atoms with Crippen molar-refractivity contribution in [2.75, 3.05) is 5.73 Å². The number of rotatable bonds is 1. The molecule has 4 nitrogen and oxygen atoms in total. The van der Waals surface area contributed by atoms with Gasteiger partial charge in [-0.15, -0.1) is 0 Å². The van der Waals surface area contributed by atoms with Gasteiger partial charge < -0.3 is 5.73 Å². The summed E-state index contributed by atoms with van der Waals surface area (Å²) < 4.78 is 0. The number of anilines is 1. The summed E-state index contributed by atoms with van der Waals surface area (Å²) in [4.78, 5) is 13.0. The van der Waals surface area contributed by atoms with Gasteiger partial charge >= 0.3 is 0 Å². The van der Waals surface area contributed by atoms with Crippen LogP contribution in [0.4, 0.5) is 5.82 Å². The Kier molecular flexibility index (Phi) is 2.56. The van der Waals surface area contributed by atoms with E-state index in [1.807, 2.05) is 39.0 Å². The minimum Gasteiger partial charge on any atom is -0.383 e. The Morgan fingerprint density at radius 2 is 1.75 bits per heavy atom. The van der Waals surface area contributed by atoms with Crippen LogP contribution in [0, 0.1) is 20.8 Å². The molecule has 4 heteroatoms. The van der Waals surface area contributed by atoms with Crippen LogP contribution in [0.2, 0.25) is 0 Å². The van der Waals surface area contributed by atoms with Gasteiger partial charge in [0.2, 0.25) is 0 Å². The van der Waals surface area contributed by atoms with Gasteiger partial charge in [-0.1, -0.05) is 6.07 Å². The van der Waals surface area contributed by atoms with Crippen LogP contribution in [0.25, 0.3) is 11.5 Å². The molecule has 0 amide bonds. The molecule has 0 bridgehead atoms. The molecule has 0 aliphatic heterocycles. The van der Waals surface area contributed by atoms with Crippen LogP contribution in [0.5, 0.6) is 0 Å². The van der Waals surface area contributed by atoms with Gasteiger partial charge in [0.25, 0.3) is 0 Å². The van der Waals surface area contributed by atoms with Crippen molar-refractivity contribution in [2.45, 2.75) is 20.8 Å². The lowest BCUT2D eigenvalue weighted by atomic mass is 10.2. The molecule has 16 heavy (non-hydrogen) atoms. The zero-order chi connectivity index (χ0) is 11.7. The Balaban J connectivity index is 2.57. The lowest BCUT2D eigenvalue weighted by molar-refractivity contribution is 1.05. The first-order chi connectivity index (χ1) is 7.58. The van der Waals surface area contributed by atoms with Crippen molar-refractivity contribution in [3.63, 3.8) is 0 Å². The maximum absolute atomic E-state index is 5.82. The van der Waals surface area contributed by atoms with E-state index in [0.29, 0.717) is 11.6 Å². The predicted molar refractivity (Wildman–Crippen MR) is 63.9 cm³/mol. The molecule has 0 fully saturated rings. The summed E-state index contributed by atoms with van der Waals surface area (Å²) in [5.41, 5.74) is 9.34. The first-order valence-electron chi connectivity index (χ1n) is 5.12. The fourth-order valence-corrected chi connectivity index (χ4v) is 1.43. The molecule has 2 rings (SSSR count). The summed E-state index contributed by atoms with van der Waals surface area (Å²) in [6, 6.07) is 5.76. The third kappa shape index (κ3) is 1.86. The number of nitrogen functional groups attached to an aromatic ring is 1. The second kappa shape index (κ2) is 3.89. The van der Waals surface area contributed by atoms with Crippen LogP contribution >= 0.6 is 0 Å². The molecule has 0 unspecified atom stereocenters. The third-order valence-electron chi connectivity index (χ3n) is 2.54. The van der Waals surface area contributed by atoms with Crippen LogP contribution < -0.4 is 5.73 Å². The molecular formula is C12H14N4. The van der Waals surface area contributed by atoms with Crippen LogP contribution in [0.1, 0.15) is 17.0 Å². The molecule has 0 radical (unpaired) electrons. The van der Waals surface area contributed by atoms with Gasteiger partial charge in [-0.05, 0) is 32.9 Å². The molecule has 2 heterocycles. The van der Waals surface area contributed by atoms with E-state index in [9.17, 15) is 0 Å². The minimum absolute atomic E-state index is 0.519. The Bertz CT molecular complexity index is 511. The summed E-state index contributed by atoms with van der Waals surface area (Å²) in [6.07, 6.45) is 0. The largest absolute Gasteiger partial charge is 0.383 e. The topological polar surface area (TPSA) is 64.7 Å². The molecular weight excluding hydrogens is 200 g/mol. The van der Waals surface area contributed by atoms with E-state index in [1.165, 1.54) is 0 Å². The molecule has 0 aromatic carbocycles. The van der Waals surface area contributed by atoms with E-state index in [-0.39, 0.29) is 0 Å². The Morgan fingerprint density at radius 3 is 2.38 bits per heavy atom. The molecule has 0 atom stereocenters. The highest BCUT2D eigenvalue weighted by Crippen LogP contribution is 2.18. The third-order valence-corrected chi connectivity index (χ3v) is 2.54. The summed E-state index contributed by atoms with van der Waals surface area (Å²) in [5, 5.41) is 0. The van der Waals surface area contributed by atoms with Gasteiger partial charge in [0, 0.05) is 17.0 Å². The molecule has 2 N–H and O–H groups in total. The Morgan fingerprint density at radius 1 is 1.00 bits per heavy atom. The quantitative estimate of drug-likeness (QED) is 0.789. The average Bonchev–Trinajstić information content (AvgIpc) is 2.25. The molecule has 0 aliphatic rings. The zero-order valence-electron chi connectivity index (χ0n) is 9.65. The molecule has 82 valence electrons. The van der Waals surface area contributed by atoms with E-state index < -0.39 is 0 Å². The molecule has 2 aromatic heterocycles. The molecule has 2 aromatic rings. The minimum atomic E-state index is 0.519. The summed E-state index contributed by atoms with van der Waals surface area (Å²) in [7, 11) is 0. The van der Waals surface area contributed by atoms with Crippen molar-refractivity contribution in [3.8, 4) is 11.5 Å². The first-order valence-corrected chi connectivity index (χ1v) is 5.12. The van der Waals surface area contributed by atoms with Gasteiger partial charge in [-0.25, -0.2) is 15.0 Å². The van der Waals surface area contributed by atoms with Crippen molar-refractivity contribution in [1.82, 2.24) is 15.0 Å². The number of aryl methyl sites for hydroxylation is 2. The van der Waals surface area contributed by atoms with Crippen molar-refractivity contribution in [3.05, 3.63) is 35.2 Å². The molecule has 0 aliphatic carbocycles. The molecule has 0 saturated heterocycles. The van der Waals surface area contributed by atoms with E-state index in [2.05, 4.69) is 15.0 Å². The zero-order valence-corrected chi connectivity index (χ0v) is 9.65. The van der Waals surface area contributed by atoms with E-state index in [0.717, 1.165) is 22.6 Å². The highest BCUT2D eigenvalue weighted by atomic mass is 15.0. The summed E-state index contributed by atoms with van der Waals surface area (Å²) in [6.45, 7) is 5.78. The summed E-state index contributed by atoms with van der Waals surface area (Å²) >= 11 is 0. The Hall–Kier alpha value is -1.97. The normalized spacial score (nSPS) is 10.4. The second-order valence-electron chi connectivity index (χ2n) is 3.81. The highest BCUT2D eigenvalue weighted by molar-refractivity contribution is 5.54. The van der Waals surface area contributed by atoms with Gasteiger partial charge in [0.05, 0.1) is 0 Å². The predicted octanol–water partition coefficient (Wildman–Crippen LogP) is 2.05. The average molecular weight is 214 g/mol. The lowest BCUT2D eigenvalue weighted by Gasteiger charge is -2.06. The lowest BCUT2D eigenvalue weighted by Crippen LogP contribution is -2.03. The maximum Gasteiger partial charge on any atom is 0.180 e. The maximum atomic E-state index is 5.82. The van der Waals surface area contributed by atoms with Crippen LogP contribution in [0.3, 0.4) is 0 Å². The van der Waals surface area contributed by atoms with E-state index >= 15 is 0 Å². The van der Waals surface area contributed by atoms with Crippen molar-refractivity contribution in [1.29, 1.82) is 0 Å². The monoisotopic (exact) mass is 214 g/mol. The van der Waals surface area contributed by atoms with E-state index in [1.54, 1.807) is 0 Å². The Labute approximate surface area is 94.6 Å². The number of hydrogen-bond acceptors (Lipinski definition) is 4. The van der Waals surface area contributed by atoms with Crippen LogP contribution in [0.15, 0.2) is 18.2 Å². The number of hydrogen-bond donors (Lipinski definition) is 1. The van der Waals surface area contributed by atoms with Gasteiger partial charge in [0.1, 0.15) is 11.5 Å². The molecule has 0 spiro atoms. The highest BCUT2D eigenvalue weighted by Gasteiger charge is 2.08. The summed E-state index contributed by atoms with van der Waals surface area (Å²) in [5.74, 6) is 1.11. The fraction of sp³-hybridized carbons (Fsp3) is 0.250. The van der Waals surface area contributed by atoms with Crippen molar-refractivity contribution < 1.29 is 0 Å². The van der Waals surface area contributed by atoms with Gasteiger partial charge in [-0.3, -0.25) is 0 Å². The van der Waals surface area contributed by atoms with Gasteiger partial charge in [-0.2, -0.15) is 0 Å². The smallest absolute Gasteiger partial charge is 0.180 e. The fourth-order valence-electron chi connectivity index (χ4n) is 1.43. The van der Waals surface area contributed by atoms with E-state index in [4.69, 9.17) is 5.73 Å². The SMILES string of the molecule is Cc1cccc(-c2nc(C)c(C)c(N)n2)n1. The van der Waals surface area contributed by atoms with Crippen LogP contribution in [-0.4, -0.2) is 15.0 Å². The first kappa shape index (κ1) is 10.5. The van der Waals surface area contributed by atoms with Crippen LogP contribution in [-0.2, 0) is 0 Å². The standard InChI is InChI=1S/C12H14N4/c1-7-5-4-6-10(14-7)12-15-9(3)8(2)11(13)16-12/h4-6H,1-3H3,(H2,13,15,16).